The van der Waals surface area contributed by atoms with Gasteiger partial charge in [-0.25, -0.2) is 0 Å². The second-order valence-corrected chi connectivity index (χ2v) is 20.0. The Hall–Kier alpha value is -2.22. The minimum Gasteiger partial charge on any atom is -0.481 e. The molecular weight excluding hydrogens is 628 g/mol. The topological polar surface area (TPSA) is 127 Å². The van der Waals surface area contributed by atoms with Crippen LogP contribution in [0.1, 0.15) is 147 Å². The van der Waals surface area contributed by atoms with Gasteiger partial charge in [-0.3, -0.25) is 24.1 Å². The molecule has 0 bridgehead atoms. The number of amides is 1. The monoisotopic (exact) mass is 697 g/mol. The van der Waals surface area contributed by atoms with Crippen molar-refractivity contribution in [3.05, 3.63) is 11.1 Å². The minimum atomic E-state index is -1.16. The van der Waals surface area contributed by atoms with Crippen LogP contribution in [-0.4, -0.2) is 58.9 Å². The van der Waals surface area contributed by atoms with Crippen LogP contribution in [0.15, 0.2) is 11.1 Å². The molecule has 3 N–H and O–H groups in total. The van der Waals surface area contributed by atoms with E-state index < -0.39 is 17.4 Å². The predicted octanol–water partition coefficient (Wildman–Crippen LogP) is 7.97. The van der Waals surface area contributed by atoms with Gasteiger partial charge in [0.2, 0.25) is 5.91 Å². The number of primary amides is 1. The summed E-state index contributed by atoms with van der Waals surface area (Å²) in [5.74, 6) is 0.109. The number of carbonyl (C=O) groups excluding carboxylic acids is 3. The molecule has 0 aromatic carbocycles. The van der Waals surface area contributed by atoms with Gasteiger partial charge < -0.3 is 15.6 Å². The standard InChI is InChI=1S/C42H68N2O6/c1-25(2)34-28(45)22-42(20-21-44(26(3)4)24-32(43)46)19-18-40(10)27(35(34)42)12-13-30-39(9)16-15-31(50-33(47)23-37(5,6)36(48)49)38(7,8)29(39)14-17-41(30,40)11/h25-27,29-31H,12-24H2,1-11H3,(H2,43,46)(H,48,49)/t27-,29?,30?,31+,39+,40-,41-,42-/m1/s1. The SMILES string of the molecule is CC(C)C1=C2[C@H]3CCC4[C@@]5(C)CC[C@H](OC(=O)CC(C)(C)C(=O)O)C(C)(C)C5CC[C@@]4(C)[C@]3(C)CC[C@@]2(CCN(CC(N)=O)C(C)C)CC1=O. The molecule has 2 unspecified atom stereocenters. The quantitative estimate of drug-likeness (QED) is 0.210. The summed E-state index contributed by atoms with van der Waals surface area (Å²) in [7, 11) is 0. The average Bonchev–Trinajstić information content (AvgIpc) is 3.28. The number of hydrogen-bond acceptors (Lipinski definition) is 6. The number of nitrogens with two attached hydrogens (primary N) is 1. The largest absolute Gasteiger partial charge is 0.481 e. The molecule has 5 rings (SSSR count). The summed E-state index contributed by atoms with van der Waals surface area (Å²) in [5, 5.41) is 9.60. The Morgan fingerprint density at radius 1 is 0.920 bits per heavy atom. The van der Waals surface area contributed by atoms with Crippen LogP contribution in [0.5, 0.6) is 0 Å². The summed E-state index contributed by atoms with van der Waals surface area (Å²) in [5.41, 5.74) is 6.97. The Morgan fingerprint density at radius 3 is 2.16 bits per heavy atom. The first-order valence-corrected chi connectivity index (χ1v) is 19.7. The van der Waals surface area contributed by atoms with Gasteiger partial charge in [-0.2, -0.15) is 0 Å². The van der Waals surface area contributed by atoms with Crippen molar-refractivity contribution >= 4 is 23.6 Å². The van der Waals surface area contributed by atoms with Crippen LogP contribution in [0.3, 0.4) is 0 Å². The van der Waals surface area contributed by atoms with Gasteiger partial charge in [-0.05, 0) is 138 Å². The summed E-state index contributed by atoms with van der Waals surface area (Å²) >= 11 is 0. The molecule has 0 saturated heterocycles. The molecule has 0 aromatic rings. The smallest absolute Gasteiger partial charge is 0.309 e. The van der Waals surface area contributed by atoms with E-state index in [4.69, 9.17) is 10.5 Å². The number of allylic oxidation sites excluding steroid dienone is 2. The van der Waals surface area contributed by atoms with Crippen LogP contribution in [0.4, 0.5) is 0 Å². The first kappa shape index (κ1) is 39.0. The highest BCUT2D eigenvalue weighted by atomic mass is 16.5. The number of carbonyl (C=O) groups is 4. The lowest BCUT2D eigenvalue weighted by Gasteiger charge is -2.72. The number of carboxylic acid groups (broad SMARTS) is 1. The van der Waals surface area contributed by atoms with Crippen molar-refractivity contribution < 1.29 is 29.0 Å². The van der Waals surface area contributed by atoms with Gasteiger partial charge >= 0.3 is 11.9 Å². The minimum absolute atomic E-state index is 0.0638. The Labute approximate surface area is 302 Å². The lowest BCUT2D eigenvalue weighted by atomic mass is 9.33. The fourth-order valence-electron chi connectivity index (χ4n) is 13.0. The molecule has 0 aromatic heterocycles. The highest BCUT2D eigenvalue weighted by Gasteiger charge is 2.70. The maximum absolute atomic E-state index is 14.0. The summed E-state index contributed by atoms with van der Waals surface area (Å²) < 4.78 is 6.16. The maximum Gasteiger partial charge on any atom is 0.309 e. The van der Waals surface area contributed by atoms with Gasteiger partial charge in [-0.1, -0.05) is 54.0 Å². The van der Waals surface area contributed by atoms with Crippen molar-refractivity contribution in [2.75, 3.05) is 13.1 Å². The molecular formula is C42H68N2O6. The Balaban J connectivity index is 1.44. The molecule has 0 radical (unpaired) electrons. The zero-order chi connectivity index (χ0) is 37.4. The van der Waals surface area contributed by atoms with Crippen LogP contribution in [0.2, 0.25) is 0 Å². The van der Waals surface area contributed by atoms with E-state index in [9.17, 15) is 24.3 Å². The van der Waals surface area contributed by atoms with Gasteiger partial charge in [0.05, 0.1) is 18.4 Å². The van der Waals surface area contributed by atoms with Gasteiger partial charge in [-0.15, -0.1) is 0 Å². The lowest BCUT2D eigenvalue weighted by molar-refractivity contribution is -0.233. The van der Waals surface area contributed by atoms with Crippen molar-refractivity contribution in [1.29, 1.82) is 0 Å². The zero-order valence-electron chi connectivity index (χ0n) is 33.2. The van der Waals surface area contributed by atoms with Gasteiger partial charge in [0.25, 0.3) is 0 Å². The molecule has 282 valence electrons. The number of aliphatic carboxylic acids is 1. The Morgan fingerprint density at radius 2 is 1.58 bits per heavy atom. The number of Topliss-reactive ketones (excluding diaryl/α,β-unsaturated/α-hetero) is 1. The number of fused-ring (bicyclic) bond motifs is 7. The number of rotatable bonds is 11. The van der Waals surface area contributed by atoms with Crippen LogP contribution in [0, 0.1) is 56.2 Å². The number of esters is 1. The van der Waals surface area contributed by atoms with E-state index in [2.05, 4.69) is 67.2 Å². The maximum atomic E-state index is 14.0. The van der Waals surface area contributed by atoms with E-state index in [1.54, 1.807) is 13.8 Å². The molecule has 5 aliphatic carbocycles. The Bertz CT molecular complexity index is 1430. The molecule has 8 atom stereocenters. The molecule has 5 aliphatic rings. The fourth-order valence-corrected chi connectivity index (χ4v) is 13.0. The summed E-state index contributed by atoms with van der Waals surface area (Å²) in [4.78, 5) is 52.9. The second kappa shape index (κ2) is 13.0. The van der Waals surface area contributed by atoms with E-state index in [1.165, 1.54) is 5.57 Å². The molecule has 8 heteroatoms. The molecule has 50 heavy (non-hydrogen) atoms. The highest BCUT2D eigenvalue weighted by molar-refractivity contribution is 6.00. The van der Waals surface area contributed by atoms with Gasteiger partial charge in [0, 0.05) is 23.3 Å². The van der Waals surface area contributed by atoms with Gasteiger partial charge in [0.1, 0.15) is 6.10 Å². The van der Waals surface area contributed by atoms with Crippen molar-refractivity contribution in [1.82, 2.24) is 4.90 Å². The zero-order valence-corrected chi connectivity index (χ0v) is 33.2. The van der Waals surface area contributed by atoms with E-state index in [0.717, 1.165) is 69.9 Å². The van der Waals surface area contributed by atoms with E-state index in [0.29, 0.717) is 30.0 Å². The number of ether oxygens (including phenoxy) is 1. The highest BCUT2D eigenvalue weighted by Crippen LogP contribution is 2.77. The van der Waals surface area contributed by atoms with Crippen molar-refractivity contribution in [2.24, 2.45) is 61.9 Å². The lowest BCUT2D eigenvalue weighted by Crippen LogP contribution is -2.65. The summed E-state index contributed by atoms with van der Waals surface area (Å²) in [6.07, 6.45) is 9.46. The first-order valence-electron chi connectivity index (χ1n) is 19.7. The van der Waals surface area contributed by atoms with E-state index >= 15 is 0 Å². The third-order valence-electron chi connectivity index (χ3n) is 15.9. The normalized spacial score (nSPS) is 38.1. The second-order valence-electron chi connectivity index (χ2n) is 20.0. The average molecular weight is 697 g/mol. The molecule has 0 aliphatic heterocycles. The van der Waals surface area contributed by atoms with Gasteiger partial charge in [0.15, 0.2) is 5.78 Å². The van der Waals surface area contributed by atoms with Crippen LogP contribution in [-0.2, 0) is 23.9 Å². The molecule has 1 amide bonds. The number of nitrogens with zero attached hydrogens (tertiary/aromatic N) is 1. The number of carboxylic acids is 1. The fraction of sp³-hybridized carbons (Fsp3) is 0.857. The number of ketones is 1. The molecule has 4 fully saturated rings. The van der Waals surface area contributed by atoms with Crippen LogP contribution in [0.25, 0.3) is 0 Å². The molecule has 8 nitrogen and oxygen atoms in total. The summed E-state index contributed by atoms with van der Waals surface area (Å²) in [6.45, 7) is 25.1. The predicted molar refractivity (Wildman–Crippen MR) is 196 cm³/mol. The van der Waals surface area contributed by atoms with Crippen molar-refractivity contribution in [3.63, 3.8) is 0 Å². The molecule has 0 spiro atoms. The first-order chi connectivity index (χ1) is 23.0. The van der Waals surface area contributed by atoms with Crippen molar-refractivity contribution in [2.45, 2.75) is 159 Å². The molecule has 4 saturated carbocycles. The van der Waals surface area contributed by atoms with E-state index in [-0.39, 0.29) is 64.0 Å². The third kappa shape index (κ3) is 6.09. The van der Waals surface area contributed by atoms with E-state index in [1.807, 2.05) is 0 Å². The van der Waals surface area contributed by atoms with Crippen LogP contribution >= 0.6 is 0 Å². The third-order valence-corrected chi connectivity index (χ3v) is 15.9. The van der Waals surface area contributed by atoms with Crippen molar-refractivity contribution in [3.8, 4) is 0 Å². The Kier molecular flexibility index (Phi) is 10.2. The summed E-state index contributed by atoms with van der Waals surface area (Å²) in [6, 6.07) is 0.201. The molecule has 0 heterocycles. The van der Waals surface area contributed by atoms with Crippen LogP contribution < -0.4 is 5.73 Å². The number of hydrogen-bond donors (Lipinski definition) is 2.